The van der Waals surface area contributed by atoms with Crippen molar-refractivity contribution >= 4 is 0 Å². The first-order chi connectivity index (χ1) is 7.49. The molecule has 0 amide bonds. The Morgan fingerprint density at radius 2 is 1.80 bits per heavy atom. The second-order valence-corrected chi connectivity index (χ2v) is 3.06. The van der Waals surface area contributed by atoms with E-state index in [2.05, 4.69) is 4.74 Å². The molecule has 3 N–H and O–H groups in total. The van der Waals surface area contributed by atoms with Crippen LogP contribution in [-0.2, 0) is 14.2 Å². The molecule has 0 saturated carbocycles. The highest BCUT2D eigenvalue weighted by Crippen LogP contribution is 2.11. The summed E-state index contributed by atoms with van der Waals surface area (Å²) in [7, 11) is 3.95. The lowest BCUT2D eigenvalue weighted by Crippen LogP contribution is -2.49. The molecule has 92 valence electrons. The fraction of sp³-hybridized carbons (Fsp3) is 1.00. The molecule has 0 aliphatic rings. The highest BCUT2D eigenvalue weighted by Gasteiger charge is 2.32. The first-order valence-corrected chi connectivity index (χ1v) is 4.50. The third-order valence-corrected chi connectivity index (χ3v) is 2.08. The van der Waals surface area contributed by atoms with Crippen molar-refractivity contribution in [2.24, 2.45) is 0 Å². The van der Waals surface area contributed by atoms with Gasteiger partial charge in [0.1, 0.15) is 24.4 Å². The zero-order valence-corrected chi connectivity index (χ0v) is 9.16. The Bertz CT molecular complexity index is 179. The third kappa shape index (κ3) is 4.42. The number of hydrogen-bond acceptors (Lipinski definition) is 6. The highest BCUT2D eigenvalue weighted by molar-refractivity contribution is 4.82. The summed E-state index contributed by atoms with van der Waals surface area (Å²) in [5, 5.41) is 28.3. The van der Waals surface area contributed by atoms with Gasteiger partial charge >= 0.3 is 0 Å². The molecular weight excluding hydrogens is 204 g/mol. The maximum Gasteiger partial charge on any atom is 0.114 e. The van der Waals surface area contributed by atoms with Gasteiger partial charge in [0.15, 0.2) is 0 Å². The quantitative estimate of drug-likeness (QED) is 0.460. The zero-order chi connectivity index (χ0) is 12.7. The molecule has 0 aliphatic heterocycles. The molecular formula is C9H20O6. The molecule has 6 heteroatoms. The van der Waals surface area contributed by atoms with Crippen molar-refractivity contribution < 1.29 is 30.9 Å². The second-order valence-electron chi connectivity index (χ2n) is 3.06. The minimum absolute atomic E-state index is 0.0778. The van der Waals surface area contributed by atoms with Crippen LogP contribution < -0.4 is 0 Å². The van der Waals surface area contributed by atoms with E-state index in [4.69, 9.17) is 16.0 Å². The maximum absolute atomic E-state index is 9.73. The molecule has 0 rings (SSSR count). The van der Waals surface area contributed by atoms with Gasteiger partial charge in [-0.3, -0.25) is 0 Å². The van der Waals surface area contributed by atoms with Crippen LogP contribution in [0.1, 0.15) is 1.37 Å². The van der Waals surface area contributed by atoms with Crippen LogP contribution in [0, 0.1) is 0 Å². The fourth-order valence-electron chi connectivity index (χ4n) is 1.24. The smallest absolute Gasteiger partial charge is 0.114 e. The first kappa shape index (κ1) is 12.8. The van der Waals surface area contributed by atoms with Crippen molar-refractivity contribution in [3.63, 3.8) is 0 Å². The summed E-state index contributed by atoms with van der Waals surface area (Å²) in [6.45, 7) is -1.65. The van der Waals surface area contributed by atoms with Crippen LogP contribution in [0.2, 0.25) is 0 Å². The van der Waals surface area contributed by atoms with Crippen LogP contribution in [0.3, 0.4) is 0 Å². The van der Waals surface area contributed by atoms with Crippen molar-refractivity contribution in [2.45, 2.75) is 24.4 Å². The van der Waals surface area contributed by atoms with Crippen LogP contribution in [-0.4, -0.2) is 74.3 Å². The first-order valence-electron chi connectivity index (χ1n) is 5.08. The molecule has 6 nitrogen and oxygen atoms in total. The summed E-state index contributed by atoms with van der Waals surface area (Å²) < 4.78 is 21.6. The van der Waals surface area contributed by atoms with Crippen molar-refractivity contribution in [1.29, 1.82) is 0 Å². The lowest BCUT2D eigenvalue weighted by atomic mass is 10.0. The highest BCUT2D eigenvalue weighted by atomic mass is 16.5. The van der Waals surface area contributed by atoms with E-state index in [1.54, 1.807) is 0 Å². The Kier molecular flexibility index (Phi) is 6.82. The van der Waals surface area contributed by atoms with Crippen LogP contribution in [0.4, 0.5) is 0 Å². The number of ether oxygens (including phenoxy) is 3. The normalized spacial score (nSPS) is 22.7. The van der Waals surface area contributed by atoms with Crippen LogP contribution in [0.15, 0.2) is 0 Å². The lowest BCUT2D eigenvalue weighted by molar-refractivity contribution is -0.147. The average molecular weight is 225 g/mol. The van der Waals surface area contributed by atoms with Crippen molar-refractivity contribution in [3.8, 4) is 0 Å². The largest absolute Gasteiger partial charge is 0.394 e. The van der Waals surface area contributed by atoms with Gasteiger partial charge in [0.25, 0.3) is 0 Å². The standard InChI is InChI=1S/C9H20O6/c1-13-5-6(11)8(12)9(15-3)7(4-10)14-2/h6-12H,4-5H2,1-3H3/t6-,7+,8-,9-/m1/s1/i4D/t4?,6-,7+,8-,9-. The predicted octanol–water partition coefficient (Wildman–Crippen LogP) is -1.62. The van der Waals surface area contributed by atoms with Gasteiger partial charge in [-0.1, -0.05) is 0 Å². The summed E-state index contributed by atoms with van der Waals surface area (Å²) in [6, 6.07) is 0. The maximum atomic E-state index is 9.73. The molecule has 15 heavy (non-hydrogen) atoms. The van der Waals surface area contributed by atoms with Crippen LogP contribution in [0.25, 0.3) is 0 Å². The second kappa shape index (κ2) is 7.98. The Morgan fingerprint density at radius 3 is 2.13 bits per heavy atom. The zero-order valence-electron chi connectivity index (χ0n) is 10.2. The predicted molar refractivity (Wildman–Crippen MR) is 52.6 cm³/mol. The van der Waals surface area contributed by atoms with E-state index in [0.29, 0.717) is 0 Å². The molecule has 0 heterocycles. The fourth-order valence-corrected chi connectivity index (χ4v) is 1.24. The Balaban J connectivity index is 4.56. The van der Waals surface area contributed by atoms with Gasteiger partial charge in [0.05, 0.1) is 14.6 Å². The number of hydrogen-bond donors (Lipinski definition) is 3. The summed E-state index contributed by atoms with van der Waals surface area (Å²) >= 11 is 0. The molecule has 0 radical (unpaired) electrons. The molecule has 1 unspecified atom stereocenters. The number of methoxy groups -OCH3 is 3. The lowest BCUT2D eigenvalue weighted by Gasteiger charge is -2.30. The molecule has 0 aromatic heterocycles. The number of rotatable bonds is 8. The van der Waals surface area contributed by atoms with E-state index < -0.39 is 31.0 Å². The molecule has 0 spiro atoms. The molecule has 0 saturated heterocycles. The van der Waals surface area contributed by atoms with E-state index in [1.165, 1.54) is 21.3 Å². The molecule has 0 aromatic rings. The van der Waals surface area contributed by atoms with Gasteiger partial charge in [-0.05, 0) is 0 Å². The SMILES string of the molecule is [2H]C(O)[C@H](OC)[C@@H](OC)[C@H](O)[C@H](O)COC. The van der Waals surface area contributed by atoms with Crippen molar-refractivity contribution in [2.75, 3.05) is 34.5 Å². The van der Waals surface area contributed by atoms with Gasteiger partial charge < -0.3 is 29.5 Å². The number of aliphatic hydroxyl groups excluding tert-OH is 3. The van der Waals surface area contributed by atoms with Crippen molar-refractivity contribution in [1.82, 2.24) is 0 Å². The third-order valence-electron chi connectivity index (χ3n) is 2.08. The van der Waals surface area contributed by atoms with Gasteiger partial charge in [0.2, 0.25) is 0 Å². The molecule has 0 aliphatic carbocycles. The average Bonchev–Trinajstić information content (AvgIpc) is 2.24. The van der Waals surface area contributed by atoms with Crippen LogP contribution >= 0.6 is 0 Å². The Labute approximate surface area is 90.8 Å². The minimum atomic E-state index is -1.57. The topological polar surface area (TPSA) is 88.4 Å². The van der Waals surface area contributed by atoms with Crippen molar-refractivity contribution in [3.05, 3.63) is 0 Å². The Morgan fingerprint density at radius 1 is 1.20 bits per heavy atom. The summed E-state index contributed by atoms with van der Waals surface area (Å²) in [5.41, 5.74) is 0. The molecule has 5 atom stereocenters. The molecule has 0 aromatic carbocycles. The van der Waals surface area contributed by atoms with E-state index in [-0.39, 0.29) is 6.61 Å². The van der Waals surface area contributed by atoms with Gasteiger partial charge in [-0.25, -0.2) is 0 Å². The molecule has 0 bridgehead atoms. The number of aliphatic hydroxyl groups is 3. The summed E-state index contributed by atoms with van der Waals surface area (Å²) in [6.07, 6.45) is -4.55. The summed E-state index contributed by atoms with van der Waals surface area (Å²) in [5.74, 6) is 0. The Hall–Kier alpha value is -0.240. The minimum Gasteiger partial charge on any atom is -0.394 e. The van der Waals surface area contributed by atoms with E-state index in [0.717, 1.165) is 0 Å². The van der Waals surface area contributed by atoms with E-state index in [1.807, 2.05) is 0 Å². The monoisotopic (exact) mass is 225 g/mol. The summed E-state index contributed by atoms with van der Waals surface area (Å²) in [4.78, 5) is 0. The van der Waals surface area contributed by atoms with Gasteiger partial charge in [-0.2, -0.15) is 0 Å². The van der Waals surface area contributed by atoms with Gasteiger partial charge in [-0.15, -0.1) is 0 Å². The van der Waals surface area contributed by atoms with E-state index >= 15 is 0 Å². The van der Waals surface area contributed by atoms with Crippen LogP contribution in [0.5, 0.6) is 0 Å². The molecule has 0 fully saturated rings. The van der Waals surface area contributed by atoms with Gasteiger partial charge in [0, 0.05) is 21.3 Å². The van der Waals surface area contributed by atoms with E-state index in [9.17, 15) is 10.2 Å².